The average molecular weight is 346 g/mol. The quantitative estimate of drug-likeness (QED) is 0.857. The van der Waals surface area contributed by atoms with Gasteiger partial charge in [0.15, 0.2) is 0 Å². The smallest absolute Gasteiger partial charge is 0.315 e. The molecule has 3 rings (SSSR count). The Morgan fingerprint density at radius 3 is 2.64 bits per heavy atom. The molecule has 8 heteroatoms. The van der Waals surface area contributed by atoms with Crippen molar-refractivity contribution in [1.82, 2.24) is 9.80 Å². The molecule has 25 heavy (non-hydrogen) atoms. The fourth-order valence-corrected chi connectivity index (χ4v) is 3.47. The van der Waals surface area contributed by atoms with Gasteiger partial charge in [-0.15, -0.1) is 0 Å². The third-order valence-corrected chi connectivity index (χ3v) is 4.73. The number of nitrogens with two attached hydrogens (primary N) is 1. The summed E-state index contributed by atoms with van der Waals surface area (Å²) < 4.78 is 5.31. The van der Waals surface area contributed by atoms with Crippen molar-refractivity contribution in [3.8, 4) is 5.75 Å². The molecule has 1 aromatic carbocycles. The number of primary amides is 1. The zero-order valence-corrected chi connectivity index (χ0v) is 14.2. The fraction of sp³-hybridized carbons (Fsp3) is 0.471. The maximum Gasteiger partial charge on any atom is 0.315 e. The molecule has 2 saturated heterocycles. The molecule has 0 radical (unpaired) electrons. The van der Waals surface area contributed by atoms with Gasteiger partial charge in [-0.25, -0.2) is 4.79 Å². The van der Waals surface area contributed by atoms with Gasteiger partial charge in [0.2, 0.25) is 11.8 Å². The standard InChI is InChI=1S/C17H22N4O4/c1-25-14-7-3-2-5-12(14)20-10-9-19(11-15(20)22)16(23)13-6-4-8-21(13)17(18)24/h2-3,5,7,13H,4,6,8-11H2,1H3,(H2,18,24)/t13-/m0/s1. The first-order valence-corrected chi connectivity index (χ1v) is 8.31. The Morgan fingerprint density at radius 1 is 1.20 bits per heavy atom. The lowest BCUT2D eigenvalue weighted by Crippen LogP contribution is -2.57. The molecule has 8 nitrogen and oxygen atoms in total. The highest BCUT2D eigenvalue weighted by Gasteiger charge is 2.38. The minimum absolute atomic E-state index is 0.0139. The summed E-state index contributed by atoms with van der Waals surface area (Å²) in [7, 11) is 1.56. The van der Waals surface area contributed by atoms with E-state index in [0.717, 1.165) is 6.42 Å². The van der Waals surface area contributed by atoms with Gasteiger partial charge in [0, 0.05) is 19.6 Å². The Bertz CT molecular complexity index is 693. The van der Waals surface area contributed by atoms with Crippen molar-refractivity contribution in [2.75, 3.05) is 38.2 Å². The molecule has 2 fully saturated rings. The number of methoxy groups -OCH3 is 1. The zero-order chi connectivity index (χ0) is 18.0. The van der Waals surface area contributed by atoms with Crippen LogP contribution in [0.5, 0.6) is 5.75 Å². The van der Waals surface area contributed by atoms with Crippen molar-refractivity contribution in [3.63, 3.8) is 0 Å². The first-order chi connectivity index (χ1) is 12.0. The molecule has 134 valence electrons. The van der Waals surface area contributed by atoms with Gasteiger partial charge in [0.25, 0.3) is 0 Å². The highest BCUT2D eigenvalue weighted by molar-refractivity contribution is 6.00. The number of anilines is 1. The second-order valence-electron chi connectivity index (χ2n) is 6.17. The number of para-hydroxylation sites is 2. The minimum Gasteiger partial charge on any atom is -0.495 e. The zero-order valence-electron chi connectivity index (χ0n) is 14.2. The summed E-state index contributed by atoms with van der Waals surface area (Å²) in [5.74, 6) is 0.239. The van der Waals surface area contributed by atoms with Crippen molar-refractivity contribution >= 4 is 23.5 Å². The van der Waals surface area contributed by atoms with E-state index < -0.39 is 12.1 Å². The van der Waals surface area contributed by atoms with Crippen LogP contribution >= 0.6 is 0 Å². The van der Waals surface area contributed by atoms with Gasteiger partial charge in [-0.3, -0.25) is 9.59 Å². The first kappa shape index (κ1) is 17.1. The number of benzene rings is 1. The van der Waals surface area contributed by atoms with Crippen LogP contribution in [0.4, 0.5) is 10.5 Å². The van der Waals surface area contributed by atoms with E-state index in [1.165, 1.54) is 9.80 Å². The molecule has 0 bridgehead atoms. The topological polar surface area (TPSA) is 96.2 Å². The number of likely N-dealkylation sites (tertiary alicyclic amines) is 1. The normalized spacial score (nSPS) is 20.8. The summed E-state index contributed by atoms with van der Waals surface area (Å²) in [6, 6.07) is 6.15. The Labute approximate surface area is 146 Å². The molecular weight excluding hydrogens is 324 g/mol. The van der Waals surface area contributed by atoms with E-state index in [0.29, 0.717) is 37.5 Å². The maximum absolute atomic E-state index is 12.7. The molecule has 0 aliphatic carbocycles. The van der Waals surface area contributed by atoms with Crippen LogP contribution in [0.15, 0.2) is 24.3 Å². The fourth-order valence-electron chi connectivity index (χ4n) is 3.47. The third kappa shape index (κ3) is 3.24. The lowest BCUT2D eigenvalue weighted by Gasteiger charge is -2.37. The Morgan fingerprint density at radius 2 is 1.96 bits per heavy atom. The molecule has 1 aromatic rings. The monoisotopic (exact) mass is 346 g/mol. The number of rotatable bonds is 3. The molecule has 2 aliphatic heterocycles. The summed E-state index contributed by atoms with van der Waals surface area (Å²) in [5.41, 5.74) is 6.04. The largest absolute Gasteiger partial charge is 0.495 e. The van der Waals surface area contributed by atoms with Crippen LogP contribution < -0.4 is 15.4 Å². The van der Waals surface area contributed by atoms with Gasteiger partial charge < -0.3 is 25.2 Å². The van der Waals surface area contributed by atoms with Crippen LogP contribution in [0, 0.1) is 0 Å². The number of amides is 4. The van der Waals surface area contributed by atoms with Gasteiger partial charge >= 0.3 is 6.03 Å². The molecule has 2 aliphatic rings. The molecular formula is C17H22N4O4. The van der Waals surface area contributed by atoms with Gasteiger partial charge in [-0.05, 0) is 25.0 Å². The third-order valence-electron chi connectivity index (χ3n) is 4.73. The predicted octanol–water partition coefficient (Wildman–Crippen LogP) is 0.413. The van der Waals surface area contributed by atoms with E-state index in [9.17, 15) is 14.4 Å². The van der Waals surface area contributed by atoms with Crippen LogP contribution in [0.2, 0.25) is 0 Å². The number of ether oxygens (including phenoxy) is 1. The van der Waals surface area contributed by atoms with Crippen LogP contribution in [-0.2, 0) is 9.59 Å². The molecule has 0 unspecified atom stereocenters. The van der Waals surface area contributed by atoms with Crippen LogP contribution in [0.25, 0.3) is 0 Å². The van der Waals surface area contributed by atoms with Crippen molar-refractivity contribution in [3.05, 3.63) is 24.3 Å². The summed E-state index contributed by atoms with van der Waals surface area (Å²) in [4.78, 5) is 41.3. The number of hydrogen-bond donors (Lipinski definition) is 1. The Hall–Kier alpha value is -2.77. The van der Waals surface area contributed by atoms with E-state index >= 15 is 0 Å². The molecule has 0 saturated carbocycles. The maximum atomic E-state index is 12.7. The highest BCUT2D eigenvalue weighted by Crippen LogP contribution is 2.29. The van der Waals surface area contributed by atoms with Gasteiger partial charge in [0.05, 0.1) is 12.8 Å². The minimum atomic E-state index is -0.588. The van der Waals surface area contributed by atoms with Gasteiger partial charge in [0.1, 0.15) is 18.3 Å². The second-order valence-corrected chi connectivity index (χ2v) is 6.17. The molecule has 0 aromatic heterocycles. The number of hydrogen-bond acceptors (Lipinski definition) is 4. The summed E-state index contributed by atoms with van der Waals surface area (Å²) in [5, 5.41) is 0. The van der Waals surface area contributed by atoms with E-state index in [-0.39, 0.29) is 18.4 Å². The lowest BCUT2D eigenvalue weighted by molar-refractivity contribution is -0.139. The number of piperazine rings is 1. The van der Waals surface area contributed by atoms with Gasteiger partial charge in [-0.1, -0.05) is 12.1 Å². The van der Waals surface area contributed by atoms with Crippen LogP contribution in [-0.4, -0.2) is 67.0 Å². The molecule has 4 amide bonds. The Balaban J connectivity index is 1.70. The van der Waals surface area contributed by atoms with Crippen molar-refractivity contribution in [2.24, 2.45) is 5.73 Å². The van der Waals surface area contributed by atoms with Crippen molar-refractivity contribution < 1.29 is 19.1 Å². The van der Waals surface area contributed by atoms with Crippen LogP contribution in [0.3, 0.4) is 0 Å². The molecule has 2 heterocycles. The van der Waals surface area contributed by atoms with Crippen molar-refractivity contribution in [2.45, 2.75) is 18.9 Å². The van der Waals surface area contributed by atoms with E-state index in [1.807, 2.05) is 18.2 Å². The van der Waals surface area contributed by atoms with E-state index in [1.54, 1.807) is 18.1 Å². The SMILES string of the molecule is COc1ccccc1N1CCN(C(=O)[C@@H]2CCCN2C(N)=O)CC1=O. The van der Waals surface area contributed by atoms with E-state index in [4.69, 9.17) is 10.5 Å². The first-order valence-electron chi connectivity index (χ1n) is 8.31. The average Bonchev–Trinajstić information content (AvgIpc) is 3.11. The number of urea groups is 1. The van der Waals surface area contributed by atoms with Gasteiger partial charge in [-0.2, -0.15) is 0 Å². The lowest BCUT2D eigenvalue weighted by atomic mass is 10.1. The van der Waals surface area contributed by atoms with Crippen molar-refractivity contribution in [1.29, 1.82) is 0 Å². The molecule has 2 N–H and O–H groups in total. The summed E-state index contributed by atoms with van der Waals surface area (Å²) in [6.45, 7) is 1.26. The summed E-state index contributed by atoms with van der Waals surface area (Å²) >= 11 is 0. The number of carbonyl (C=O) groups is 3. The van der Waals surface area contributed by atoms with E-state index in [2.05, 4.69) is 0 Å². The number of nitrogens with zero attached hydrogens (tertiary/aromatic N) is 3. The summed E-state index contributed by atoms with van der Waals surface area (Å²) in [6.07, 6.45) is 1.33. The second kappa shape index (κ2) is 7.00. The van der Waals surface area contributed by atoms with Crippen LogP contribution in [0.1, 0.15) is 12.8 Å². The number of carbonyl (C=O) groups excluding carboxylic acids is 3. The highest BCUT2D eigenvalue weighted by atomic mass is 16.5. The Kier molecular flexibility index (Phi) is 4.78. The predicted molar refractivity (Wildman–Crippen MR) is 91.2 cm³/mol. The molecule has 0 spiro atoms. The molecule has 1 atom stereocenters.